The summed E-state index contributed by atoms with van der Waals surface area (Å²) in [6.45, 7) is 0.405. The number of hydrogen-bond acceptors (Lipinski definition) is 5. The molecule has 0 saturated carbocycles. The topological polar surface area (TPSA) is 69.3 Å². The minimum Gasteiger partial charge on any atom is -0.497 e. The number of anilines is 1. The molecule has 0 aliphatic carbocycles. The highest BCUT2D eigenvalue weighted by molar-refractivity contribution is 5.41. The first-order valence-electron chi connectivity index (χ1n) is 6.76. The zero-order valence-electron chi connectivity index (χ0n) is 12.0. The first-order valence-corrected chi connectivity index (χ1v) is 6.76. The van der Waals surface area contributed by atoms with E-state index in [1.54, 1.807) is 44.0 Å². The van der Waals surface area contributed by atoms with E-state index in [0.29, 0.717) is 6.54 Å². The fraction of sp³-hybridized carbons (Fsp3) is 0.125. The Morgan fingerprint density at radius 3 is 2.77 bits per heavy atom. The van der Waals surface area contributed by atoms with Crippen LogP contribution in [0.2, 0.25) is 0 Å². The Hall–Kier alpha value is -3.02. The molecule has 2 aromatic heterocycles. The summed E-state index contributed by atoms with van der Waals surface area (Å²) >= 11 is 0. The Bertz CT molecular complexity index is 792. The smallest absolute Gasteiger partial charge is 0.297 e. The van der Waals surface area contributed by atoms with Crippen molar-refractivity contribution >= 4 is 5.82 Å². The van der Waals surface area contributed by atoms with E-state index in [2.05, 4.69) is 10.3 Å². The lowest BCUT2D eigenvalue weighted by Crippen LogP contribution is -2.22. The monoisotopic (exact) mass is 297 g/mol. The Kier molecular flexibility index (Phi) is 3.91. The molecule has 6 heteroatoms. The molecule has 0 bridgehead atoms. The Morgan fingerprint density at radius 1 is 1.27 bits per heavy atom. The first kappa shape index (κ1) is 13.9. The average Bonchev–Trinajstić information content (AvgIpc) is 3.07. The summed E-state index contributed by atoms with van der Waals surface area (Å²) in [5, 5.41) is 2.99. The highest BCUT2D eigenvalue weighted by Gasteiger charge is 2.07. The number of aromatic nitrogens is 2. The van der Waals surface area contributed by atoms with Crippen molar-refractivity contribution in [1.29, 1.82) is 0 Å². The van der Waals surface area contributed by atoms with Gasteiger partial charge in [0, 0.05) is 18.1 Å². The molecule has 22 heavy (non-hydrogen) atoms. The number of furan rings is 1. The second-order valence-corrected chi connectivity index (χ2v) is 4.58. The molecule has 0 fully saturated rings. The van der Waals surface area contributed by atoms with Crippen LogP contribution < -0.4 is 15.6 Å². The fourth-order valence-corrected chi connectivity index (χ4v) is 2.06. The third-order valence-electron chi connectivity index (χ3n) is 3.20. The van der Waals surface area contributed by atoms with Crippen LogP contribution in [0.25, 0.3) is 5.69 Å². The van der Waals surface area contributed by atoms with Crippen molar-refractivity contribution in [2.75, 3.05) is 12.4 Å². The van der Waals surface area contributed by atoms with Gasteiger partial charge in [-0.15, -0.1) is 0 Å². The zero-order valence-corrected chi connectivity index (χ0v) is 12.0. The van der Waals surface area contributed by atoms with Crippen LogP contribution in [0.15, 0.2) is 64.3 Å². The van der Waals surface area contributed by atoms with Gasteiger partial charge < -0.3 is 14.5 Å². The van der Waals surface area contributed by atoms with Gasteiger partial charge in [-0.3, -0.25) is 9.36 Å². The molecule has 0 unspecified atom stereocenters. The summed E-state index contributed by atoms with van der Waals surface area (Å²) in [6, 6.07) is 10.9. The van der Waals surface area contributed by atoms with Gasteiger partial charge >= 0.3 is 0 Å². The summed E-state index contributed by atoms with van der Waals surface area (Å²) in [7, 11) is 1.60. The van der Waals surface area contributed by atoms with Crippen molar-refractivity contribution in [3.63, 3.8) is 0 Å². The highest BCUT2D eigenvalue weighted by atomic mass is 16.5. The third kappa shape index (κ3) is 2.85. The van der Waals surface area contributed by atoms with Crippen molar-refractivity contribution in [2.24, 2.45) is 0 Å². The molecule has 112 valence electrons. The third-order valence-corrected chi connectivity index (χ3v) is 3.20. The van der Waals surface area contributed by atoms with Crippen LogP contribution in [-0.4, -0.2) is 16.7 Å². The summed E-state index contributed by atoms with van der Waals surface area (Å²) < 4.78 is 11.9. The van der Waals surface area contributed by atoms with Crippen LogP contribution >= 0.6 is 0 Å². The van der Waals surface area contributed by atoms with Gasteiger partial charge in [0.05, 0.1) is 19.9 Å². The largest absolute Gasteiger partial charge is 0.497 e. The van der Waals surface area contributed by atoms with E-state index in [-0.39, 0.29) is 11.4 Å². The van der Waals surface area contributed by atoms with Crippen LogP contribution in [0, 0.1) is 0 Å². The van der Waals surface area contributed by atoms with Gasteiger partial charge in [0.1, 0.15) is 11.5 Å². The fourth-order valence-electron chi connectivity index (χ4n) is 2.06. The molecule has 0 aliphatic rings. The molecule has 0 spiro atoms. The van der Waals surface area contributed by atoms with Crippen molar-refractivity contribution in [1.82, 2.24) is 9.55 Å². The van der Waals surface area contributed by atoms with E-state index in [0.717, 1.165) is 17.2 Å². The number of methoxy groups -OCH3 is 1. The molecule has 1 aromatic carbocycles. The van der Waals surface area contributed by atoms with Gasteiger partial charge in [-0.2, -0.15) is 0 Å². The van der Waals surface area contributed by atoms with E-state index < -0.39 is 0 Å². The quantitative estimate of drug-likeness (QED) is 0.783. The first-order chi connectivity index (χ1) is 10.8. The number of nitrogens with zero attached hydrogens (tertiary/aromatic N) is 2. The summed E-state index contributed by atoms with van der Waals surface area (Å²) in [5.74, 6) is 1.75. The molecular weight excluding hydrogens is 282 g/mol. The second kappa shape index (κ2) is 6.17. The van der Waals surface area contributed by atoms with Crippen LogP contribution in [0.1, 0.15) is 5.76 Å². The normalized spacial score (nSPS) is 10.4. The minimum atomic E-state index is -0.223. The number of ether oxygens (including phenoxy) is 1. The molecule has 0 aliphatic heterocycles. The predicted molar refractivity (Wildman–Crippen MR) is 82.4 cm³/mol. The number of hydrogen-bond donors (Lipinski definition) is 1. The van der Waals surface area contributed by atoms with Crippen LogP contribution in [0.5, 0.6) is 5.75 Å². The molecule has 0 radical (unpaired) electrons. The van der Waals surface area contributed by atoms with E-state index in [1.165, 1.54) is 4.57 Å². The molecule has 0 atom stereocenters. The van der Waals surface area contributed by atoms with Crippen LogP contribution in [0.4, 0.5) is 5.82 Å². The molecule has 3 rings (SSSR count). The highest BCUT2D eigenvalue weighted by Crippen LogP contribution is 2.13. The van der Waals surface area contributed by atoms with E-state index in [4.69, 9.17) is 9.15 Å². The van der Waals surface area contributed by atoms with Gasteiger partial charge in [0.2, 0.25) is 0 Å². The van der Waals surface area contributed by atoms with E-state index in [1.807, 2.05) is 18.2 Å². The maximum absolute atomic E-state index is 12.5. The maximum atomic E-state index is 12.5. The number of benzene rings is 1. The molecule has 0 saturated heterocycles. The summed E-state index contributed by atoms with van der Waals surface area (Å²) in [5.41, 5.74) is 0.522. The van der Waals surface area contributed by atoms with Gasteiger partial charge in [0.25, 0.3) is 5.56 Å². The molecule has 3 aromatic rings. The lowest BCUT2D eigenvalue weighted by Gasteiger charge is -2.09. The van der Waals surface area contributed by atoms with Crippen LogP contribution in [-0.2, 0) is 6.54 Å². The van der Waals surface area contributed by atoms with E-state index in [9.17, 15) is 4.79 Å². The van der Waals surface area contributed by atoms with Crippen molar-refractivity contribution in [3.8, 4) is 11.4 Å². The van der Waals surface area contributed by atoms with E-state index >= 15 is 0 Å². The minimum absolute atomic E-state index is 0.223. The van der Waals surface area contributed by atoms with Gasteiger partial charge in [0.15, 0.2) is 5.82 Å². The molecule has 6 nitrogen and oxygen atoms in total. The van der Waals surface area contributed by atoms with Gasteiger partial charge in [-0.25, -0.2) is 4.98 Å². The molecule has 1 N–H and O–H groups in total. The van der Waals surface area contributed by atoms with Crippen molar-refractivity contribution < 1.29 is 9.15 Å². The van der Waals surface area contributed by atoms with Crippen molar-refractivity contribution in [2.45, 2.75) is 6.54 Å². The standard InChI is InChI=1S/C16H15N3O3/c1-21-13-6-4-12(5-7-13)19-9-8-17-15(16(19)20)18-11-14-3-2-10-22-14/h2-10H,11H2,1H3,(H,17,18). The average molecular weight is 297 g/mol. The molecule has 0 amide bonds. The zero-order chi connectivity index (χ0) is 15.4. The summed E-state index contributed by atoms with van der Waals surface area (Å²) in [6.07, 6.45) is 4.80. The Balaban J connectivity index is 1.86. The SMILES string of the molecule is COc1ccc(-n2ccnc(NCc3ccco3)c2=O)cc1. The van der Waals surface area contributed by atoms with Gasteiger partial charge in [-0.05, 0) is 36.4 Å². The lowest BCUT2D eigenvalue weighted by molar-refractivity contribution is 0.414. The lowest BCUT2D eigenvalue weighted by atomic mass is 10.3. The Labute approximate surface area is 127 Å². The van der Waals surface area contributed by atoms with Crippen LogP contribution in [0.3, 0.4) is 0 Å². The molecular formula is C16H15N3O3. The number of nitrogens with one attached hydrogen (secondary N) is 1. The predicted octanol–water partition coefficient (Wildman–Crippen LogP) is 2.45. The second-order valence-electron chi connectivity index (χ2n) is 4.58. The number of rotatable bonds is 5. The Morgan fingerprint density at radius 2 is 2.09 bits per heavy atom. The van der Waals surface area contributed by atoms with Crippen molar-refractivity contribution in [3.05, 3.63) is 71.2 Å². The molecule has 2 heterocycles. The maximum Gasteiger partial charge on any atom is 0.297 e. The summed E-state index contributed by atoms with van der Waals surface area (Å²) in [4.78, 5) is 16.5. The van der Waals surface area contributed by atoms with Gasteiger partial charge in [-0.1, -0.05) is 0 Å².